The van der Waals surface area contributed by atoms with Gasteiger partial charge in [-0.2, -0.15) is 0 Å². The molecule has 5 saturated heterocycles. The van der Waals surface area contributed by atoms with Crippen LogP contribution in [0.5, 0.6) is 0 Å². The van der Waals surface area contributed by atoms with Crippen LogP contribution in [0.1, 0.15) is 143 Å². The number of allylic oxidation sites excluding steroid dienone is 3. The first-order valence-corrected chi connectivity index (χ1v) is 32.4. The highest BCUT2D eigenvalue weighted by Crippen LogP contribution is 2.39. The molecule has 0 radical (unpaired) electrons. The van der Waals surface area contributed by atoms with E-state index in [1.165, 1.54) is 84.1 Å². The maximum atomic E-state index is 13.3. The van der Waals surface area contributed by atoms with E-state index >= 15 is 0 Å². The van der Waals surface area contributed by atoms with Gasteiger partial charge >= 0.3 is 0 Å². The van der Waals surface area contributed by atoms with Crippen LogP contribution < -0.4 is 5.32 Å². The molecule has 1 amide bonds. The second-order valence-electron chi connectivity index (χ2n) is 24.4. The minimum absolute atomic E-state index is 0.178. The molecule has 10 unspecified atom stereocenters. The molecule has 5 aliphatic heterocycles. The zero-order valence-corrected chi connectivity index (χ0v) is 52.1. The number of ether oxygens (including phenoxy) is 10. The molecule has 5 aliphatic rings. The van der Waals surface area contributed by atoms with Gasteiger partial charge < -0.3 is 134 Å². The minimum atomic E-state index is -2.10. The van der Waals surface area contributed by atoms with E-state index in [1.807, 2.05) is 13.0 Å². The van der Waals surface area contributed by atoms with Crippen molar-refractivity contribution in [3.8, 4) is 0 Å². The van der Waals surface area contributed by atoms with Crippen LogP contribution in [-0.2, 0) is 52.2 Å². The number of unbranched alkanes of at least 4 members (excludes halogenated alkanes) is 14. The number of aliphatic hydroxyl groups excluding tert-OH is 16. The lowest BCUT2D eigenvalue weighted by Crippen LogP contribution is -2.67. The molecule has 0 aromatic rings. The van der Waals surface area contributed by atoms with Gasteiger partial charge in [0.25, 0.3) is 0 Å². The predicted molar refractivity (Wildman–Crippen MR) is 313 cm³/mol. The summed E-state index contributed by atoms with van der Waals surface area (Å²) in [4.78, 5) is 13.3. The predicted octanol–water partition coefficient (Wildman–Crippen LogP) is -1.97. The van der Waals surface area contributed by atoms with Crippen LogP contribution in [0, 0.1) is 11.8 Å². The van der Waals surface area contributed by atoms with E-state index in [1.54, 1.807) is 12.2 Å². The van der Waals surface area contributed by atoms with Crippen LogP contribution in [0.2, 0.25) is 0 Å². The summed E-state index contributed by atoms with van der Waals surface area (Å²) < 4.78 is 60.4. The first-order chi connectivity index (χ1) is 42.7. The molecule has 0 saturated carbocycles. The number of hydrogen-bond acceptors (Lipinski definition) is 27. The second kappa shape index (κ2) is 40.3. The number of carbonyl (C=O) groups is 1. The highest BCUT2D eigenvalue weighted by molar-refractivity contribution is 5.76. The Kier molecular flexibility index (Phi) is 35.2. The number of nitrogens with one attached hydrogen (secondary N) is 1. The van der Waals surface area contributed by atoms with Gasteiger partial charge in [0.05, 0.1) is 70.1 Å². The van der Waals surface area contributed by atoms with E-state index in [0.29, 0.717) is 6.42 Å². The summed E-state index contributed by atoms with van der Waals surface area (Å²) in [6.45, 7) is 2.19. The quantitative estimate of drug-likeness (QED) is 0.0234. The van der Waals surface area contributed by atoms with Gasteiger partial charge in [-0.15, -0.1) is 0 Å². The zero-order chi connectivity index (χ0) is 65.3. The first-order valence-electron chi connectivity index (χ1n) is 32.4. The van der Waals surface area contributed by atoms with Crippen LogP contribution in [0.4, 0.5) is 0 Å². The minimum Gasteiger partial charge on any atom is -0.394 e. The summed E-state index contributed by atoms with van der Waals surface area (Å²) in [6.07, 6.45) is -17.8. The van der Waals surface area contributed by atoms with Crippen molar-refractivity contribution in [1.82, 2.24) is 5.32 Å². The van der Waals surface area contributed by atoms with Crippen LogP contribution >= 0.6 is 0 Å². The molecule has 0 aromatic carbocycles. The Labute approximate surface area is 522 Å². The van der Waals surface area contributed by atoms with Crippen molar-refractivity contribution in [1.29, 1.82) is 0 Å². The third-order valence-electron chi connectivity index (χ3n) is 17.6. The van der Waals surface area contributed by atoms with Gasteiger partial charge in [0.2, 0.25) is 5.91 Å². The van der Waals surface area contributed by atoms with Gasteiger partial charge in [-0.3, -0.25) is 4.79 Å². The number of carbonyl (C=O) groups excluding carboxylic acids is 1. The first kappa shape index (κ1) is 77.6. The topological polar surface area (TPSA) is 445 Å². The van der Waals surface area contributed by atoms with E-state index in [0.717, 1.165) is 32.1 Å². The molecular weight excluding hydrogens is 1180 g/mol. The Hall–Kier alpha value is -2.09. The monoisotopic (exact) mass is 1290 g/mol. The number of rotatable bonds is 39. The molecule has 28 atom stereocenters. The van der Waals surface area contributed by atoms with E-state index in [2.05, 4.69) is 12.2 Å². The van der Waals surface area contributed by atoms with Gasteiger partial charge in [0.1, 0.15) is 97.7 Å². The van der Waals surface area contributed by atoms with E-state index in [9.17, 15) is 86.5 Å². The molecule has 28 heteroatoms. The van der Waals surface area contributed by atoms with Gasteiger partial charge in [0.15, 0.2) is 31.5 Å². The molecule has 0 bridgehead atoms. The Morgan fingerprint density at radius 3 is 1.61 bits per heavy atom. The fourth-order valence-electron chi connectivity index (χ4n) is 11.9. The van der Waals surface area contributed by atoms with E-state index < -0.39 is 211 Å². The maximum Gasteiger partial charge on any atom is 0.220 e. The molecule has 0 spiro atoms. The standard InChI is InChI=1S/C61H109NO27/c1-5-7-9-11-12-13-14-15-16-17-18-19-20-21-23-25-43(71)62-35(36(68)24-22-10-8-6-2)32-80-59-51(78)49(76)55(41(30-66)83-59)88-61-52(79)57(86-44-26-37(69)33(3)53(85-44)45(72)38(70)27-63)56(42(31-67)84-61)89-58-34(4)54(47(74)40(29-65)81-58)87-60-50(77)48(75)46(73)39(28-64)82-60/h8,10,22,24,33-42,44-61,63-70,72-79H,5-7,9,11-21,23,25-32H2,1-4H3,(H,62,71)/b10-8-,24-22+/t33-,34?,35+,36-,37-,38-,39?,40?,41?,42?,44?,45-,46+,47+,48+,49-,50?,51?,52?,53?,54-,55-,56+,57-,58+,59-,60+,61+/m1/s1. The molecule has 0 aliphatic carbocycles. The summed E-state index contributed by atoms with van der Waals surface area (Å²) in [5.41, 5.74) is 0. The number of aliphatic hydroxyl groups is 16. The summed E-state index contributed by atoms with van der Waals surface area (Å²) in [5, 5.41) is 177. The van der Waals surface area contributed by atoms with Crippen molar-refractivity contribution in [3.05, 3.63) is 24.3 Å². The molecule has 28 nitrogen and oxygen atoms in total. The van der Waals surface area contributed by atoms with Gasteiger partial charge in [-0.05, 0) is 12.8 Å². The lowest BCUT2D eigenvalue weighted by Gasteiger charge is -2.51. The van der Waals surface area contributed by atoms with Crippen LogP contribution in [0.15, 0.2) is 24.3 Å². The zero-order valence-electron chi connectivity index (χ0n) is 52.1. The summed E-state index contributed by atoms with van der Waals surface area (Å²) in [7, 11) is 0. The molecular formula is C61H109NO27. The van der Waals surface area contributed by atoms with Gasteiger partial charge in [0, 0.05) is 24.7 Å². The normalized spacial score (nSPS) is 38.7. The second-order valence-corrected chi connectivity index (χ2v) is 24.4. The Morgan fingerprint density at radius 2 is 1.02 bits per heavy atom. The van der Waals surface area contributed by atoms with Crippen molar-refractivity contribution in [3.63, 3.8) is 0 Å². The summed E-state index contributed by atoms with van der Waals surface area (Å²) in [6, 6.07) is -1.08. The number of hydrogen-bond donors (Lipinski definition) is 17. The lowest BCUT2D eigenvalue weighted by atomic mass is 9.87. The molecule has 5 fully saturated rings. The fraction of sp³-hybridized carbons (Fsp3) is 0.918. The highest BCUT2D eigenvalue weighted by Gasteiger charge is 2.57. The molecule has 17 N–H and O–H groups in total. The molecule has 5 heterocycles. The van der Waals surface area contributed by atoms with Crippen molar-refractivity contribution in [2.24, 2.45) is 11.8 Å². The molecule has 89 heavy (non-hydrogen) atoms. The largest absolute Gasteiger partial charge is 0.394 e. The van der Waals surface area contributed by atoms with Gasteiger partial charge in [-0.25, -0.2) is 0 Å². The average molecular weight is 1290 g/mol. The summed E-state index contributed by atoms with van der Waals surface area (Å²) >= 11 is 0. The van der Waals surface area contributed by atoms with E-state index in [4.69, 9.17) is 47.4 Å². The Bertz CT molecular complexity index is 1980. The lowest BCUT2D eigenvalue weighted by molar-refractivity contribution is -0.396. The third-order valence-corrected chi connectivity index (χ3v) is 17.6. The van der Waals surface area contributed by atoms with Crippen molar-refractivity contribution in [2.75, 3.05) is 39.6 Å². The molecule has 5 rings (SSSR count). The maximum absolute atomic E-state index is 13.3. The van der Waals surface area contributed by atoms with Gasteiger partial charge in [-0.1, -0.05) is 142 Å². The highest BCUT2D eigenvalue weighted by atomic mass is 16.8. The fourth-order valence-corrected chi connectivity index (χ4v) is 11.9. The van der Waals surface area contributed by atoms with Crippen molar-refractivity contribution < 1.29 is 134 Å². The Morgan fingerprint density at radius 1 is 0.517 bits per heavy atom. The Balaban J connectivity index is 1.29. The van der Waals surface area contributed by atoms with Crippen LogP contribution in [-0.4, -0.2) is 287 Å². The smallest absolute Gasteiger partial charge is 0.220 e. The number of amides is 1. The summed E-state index contributed by atoms with van der Waals surface area (Å²) in [5.74, 6) is -2.39. The van der Waals surface area contributed by atoms with Crippen LogP contribution in [0.25, 0.3) is 0 Å². The molecule has 520 valence electrons. The van der Waals surface area contributed by atoms with Crippen molar-refractivity contribution >= 4 is 5.91 Å². The third kappa shape index (κ3) is 22.5. The van der Waals surface area contributed by atoms with Crippen LogP contribution in [0.3, 0.4) is 0 Å². The van der Waals surface area contributed by atoms with E-state index in [-0.39, 0.29) is 18.7 Å². The average Bonchev–Trinajstić information content (AvgIpc) is 2.03. The SMILES string of the molecule is CC/C=C\C=C\[C@@H](O)[C@H](CO[C@@H]1OC(CO)[C@@H](O[C@@H]2OC(CO)[C@H](O[C@@H]3OC(CO)[C@H](O)[C@H](O[C@@H]4OC(CO)[C@H](O)[C@H](O)C4O)C3C)[C@H](OC3C[C@@H](O)[C@@H](C)C([C@H](O)[C@H](O)CO)O3)C2O)[C@H](O)C1O)NC(=O)CCCCCCCCCCCCCCCCC. The molecule has 0 aromatic heterocycles. The van der Waals surface area contributed by atoms with Crippen molar-refractivity contribution in [2.45, 2.75) is 303 Å².